The maximum Gasteiger partial charge on any atom is 0.201 e. The number of carbonyl (C=O) groups is 1. The molecular weight excluding hydrogens is 356 g/mol. The van der Waals surface area contributed by atoms with E-state index in [4.69, 9.17) is 9.47 Å². The van der Waals surface area contributed by atoms with Crippen molar-refractivity contribution < 1.29 is 24.5 Å². The minimum Gasteiger partial charge on any atom is -0.507 e. The fourth-order valence-electron chi connectivity index (χ4n) is 3.76. The number of ketones is 1. The first-order valence-corrected chi connectivity index (χ1v) is 8.93. The number of ether oxygens (including phenoxy) is 2. The van der Waals surface area contributed by atoms with Crippen LogP contribution in [0.25, 0.3) is 0 Å². The summed E-state index contributed by atoms with van der Waals surface area (Å²) in [4.78, 5) is 13.0. The van der Waals surface area contributed by atoms with Crippen LogP contribution in [0.1, 0.15) is 38.2 Å². The fourth-order valence-corrected chi connectivity index (χ4v) is 3.76. The van der Waals surface area contributed by atoms with Gasteiger partial charge in [-0.1, -0.05) is 30.3 Å². The standard InChI is InChI=1S/C23H20O5/c1-27-18-9-6-13(11-19(18)28-2)10-16-8-7-15-12-14-4-3-5-17(24)20(14)23(26)21(15)22(16)25/h3-9,11,24-25H,10,12H2,1-2H3. The van der Waals surface area contributed by atoms with E-state index in [1.807, 2.05) is 36.4 Å². The molecule has 4 rings (SSSR count). The second kappa shape index (κ2) is 6.93. The van der Waals surface area contributed by atoms with Crippen molar-refractivity contribution >= 4 is 5.78 Å². The number of benzene rings is 3. The van der Waals surface area contributed by atoms with E-state index in [2.05, 4.69) is 0 Å². The highest BCUT2D eigenvalue weighted by Gasteiger charge is 2.29. The number of carbonyl (C=O) groups excluding carboxylic acids is 1. The Kier molecular flexibility index (Phi) is 4.43. The molecule has 0 radical (unpaired) electrons. The van der Waals surface area contributed by atoms with Crippen molar-refractivity contribution in [1.29, 1.82) is 0 Å². The number of aromatic hydroxyl groups is 2. The molecule has 0 unspecified atom stereocenters. The van der Waals surface area contributed by atoms with Gasteiger partial charge in [-0.05, 0) is 46.9 Å². The first kappa shape index (κ1) is 17.9. The predicted octanol–water partition coefficient (Wildman–Crippen LogP) is 3.84. The van der Waals surface area contributed by atoms with Gasteiger partial charge >= 0.3 is 0 Å². The maximum absolute atomic E-state index is 13.0. The van der Waals surface area contributed by atoms with Crippen LogP contribution in [0.3, 0.4) is 0 Å². The minimum absolute atomic E-state index is 0.0359. The van der Waals surface area contributed by atoms with Crippen molar-refractivity contribution in [1.82, 2.24) is 0 Å². The van der Waals surface area contributed by atoms with Gasteiger partial charge in [0.1, 0.15) is 11.5 Å². The van der Waals surface area contributed by atoms with Gasteiger partial charge in [-0.2, -0.15) is 0 Å². The molecule has 1 aliphatic rings. The van der Waals surface area contributed by atoms with Gasteiger partial charge in [-0.25, -0.2) is 0 Å². The molecule has 0 amide bonds. The maximum atomic E-state index is 13.0. The van der Waals surface area contributed by atoms with Gasteiger partial charge in [0.05, 0.1) is 25.3 Å². The van der Waals surface area contributed by atoms with E-state index in [9.17, 15) is 15.0 Å². The van der Waals surface area contributed by atoms with Crippen molar-refractivity contribution in [3.63, 3.8) is 0 Å². The summed E-state index contributed by atoms with van der Waals surface area (Å²) in [5, 5.41) is 21.0. The van der Waals surface area contributed by atoms with E-state index in [-0.39, 0.29) is 28.4 Å². The zero-order chi connectivity index (χ0) is 19.8. The monoisotopic (exact) mass is 376 g/mol. The van der Waals surface area contributed by atoms with Crippen LogP contribution >= 0.6 is 0 Å². The van der Waals surface area contributed by atoms with Crippen molar-refractivity contribution in [2.24, 2.45) is 0 Å². The molecule has 142 valence electrons. The van der Waals surface area contributed by atoms with Gasteiger partial charge in [0.2, 0.25) is 5.78 Å². The molecule has 3 aromatic carbocycles. The third-order valence-electron chi connectivity index (χ3n) is 5.15. The topological polar surface area (TPSA) is 76.0 Å². The second-order valence-corrected chi connectivity index (χ2v) is 6.79. The second-order valence-electron chi connectivity index (χ2n) is 6.79. The van der Waals surface area contributed by atoms with Crippen LogP contribution < -0.4 is 9.47 Å². The molecule has 5 nitrogen and oxygen atoms in total. The summed E-state index contributed by atoms with van der Waals surface area (Å²) >= 11 is 0. The Balaban J connectivity index is 1.73. The summed E-state index contributed by atoms with van der Waals surface area (Å²) in [5.41, 5.74) is 3.62. The Labute approximate surface area is 162 Å². The lowest BCUT2D eigenvalue weighted by Gasteiger charge is -2.21. The number of rotatable bonds is 4. The Morgan fingerprint density at radius 3 is 2.39 bits per heavy atom. The summed E-state index contributed by atoms with van der Waals surface area (Å²) < 4.78 is 10.6. The molecule has 0 aromatic heterocycles. The zero-order valence-electron chi connectivity index (χ0n) is 15.7. The Morgan fingerprint density at radius 1 is 0.893 bits per heavy atom. The summed E-state index contributed by atoms with van der Waals surface area (Å²) in [7, 11) is 3.15. The van der Waals surface area contributed by atoms with Gasteiger partial charge in [0, 0.05) is 6.42 Å². The molecule has 0 atom stereocenters. The van der Waals surface area contributed by atoms with Crippen LogP contribution in [-0.4, -0.2) is 30.2 Å². The SMILES string of the molecule is COc1ccc(Cc2ccc3c(c2O)C(=O)c2c(O)cccc2C3)cc1OC. The normalized spacial score (nSPS) is 12.3. The Morgan fingerprint density at radius 2 is 1.64 bits per heavy atom. The zero-order valence-corrected chi connectivity index (χ0v) is 15.7. The van der Waals surface area contributed by atoms with Crippen LogP contribution in [0.2, 0.25) is 0 Å². The molecule has 2 N–H and O–H groups in total. The van der Waals surface area contributed by atoms with E-state index >= 15 is 0 Å². The highest BCUT2D eigenvalue weighted by atomic mass is 16.5. The number of hydrogen-bond donors (Lipinski definition) is 2. The van der Waals surface area contributed by atoms with Crippen LogP contribution in [0.15, 0.2) is 48.5 Å². The molecule has 0 bridgehead atoms. The van der Waals surface area contributed by atoms with E-state index in [1.54, 1.807) is 20.3 Å². The van der Waals surface area contributed by atoms with Gasteiger partial charge < -0.3 is 19.7 Å². The predicted molar refractivity (Wildman–Crippen MR) is 105 cm³/mol. The Hall–Kier alpha value is -3.47. The lowest BCUT2D eigenvalue weighted by Crippen LogP contribution is -2.16. The average molecular weight is 376 g/mol. The number of phenols is 2. The molecule has 0 saturated carbocycles. The van der Waals surface area contributed by atoms with Crippen molar-refractivity contribution in [2.45, 2.75) is 12.8 Å². The van der Waals surface area contributed by atoms with Gasteiger partial charge in [-0.15, -0.1) is 0 Å². The van der Waals surface area contributed by atoms with E-state index in [0.29, 0.717) is 29.9 Å². The van der Waals surface area contributed by atoms with Gasteiger partial charge in [0.15, 0.2) is 11.5 Å². The van der Waals surface area contributed by atoms with Crippen LogP contribution in [0.4, 0.5) is 0 Å². The lowest BCUT2D eigenvalue weighted by molar-refractivity contribution is 0.102. The Bertz CT molecular complexity index is 1080. The van der Waals surface area contributed by atoms with Crippen LogP contribution in [0, 0.1) is 0 Å². The highest BCUT2D eigenvalue weighted by molar-refractivity contribution is 6.15. The third kappa shape index (κ3) is 2.85. The van der Waals surface area contributed by atoms with Crippen molar-refractivity contribution in [3.05, 3.63) is 81.9 Å². The van der Waals surface area contributed by atoms with Gasteiger partial charge in [-0.3, -0.25) is 4.79 Å². The molecule has 0 saturated heterocycles. The van der Waals surface area contributed by atoms with Crippen molar-refractivity contribution in [2.75, 3.05) is 14.2 Å². The fraction of sp³-hybridized carbons (Fsp3) is 0.174. The quantitative estimate of drug-likeness (QED) is 0.566. The highest BCUT2D eigenvalue weighted by Crippen LogP contribution is 2.39. The summed E-state index contributed by atoms with van der Waals surface area (Å²) in [6.45, 7) is 0. The summed E-state index contributed by atoms with van der Waals surface area (Å²) in [6, 6.07) is 14.3. The molecule has 0 heterocycles. The molecule has 1 aliphatic carbocycles. The minimum atomic E-state index is -0.346. The molecule has 0 fully saturated rings. The first-order chi connectivity index (χ1) is 13.5. The van der Waals surface area contributed by atoms with Crippen molar-refractivity contribution in [3.8, 4) is 23.0 Å². The molecule has 0 aliphatic heterocycles. The third-order valence-corrected chi connectivity index (χ3v) is 5.15. The largest absolute Gasteiger partial charge is 0.507 e. The molecule has 3 aromatic rings. The lowest BCUT2D eigenvalue weighted by atomic mass is 9.82. The molecule has 0 spiro atoms. The van der Waals surface area contributed by atoms with Crippen LogP contribution in [0.5, 0.6) is 23.0 Å². The number of hydrogen-bond acceptors (Lipinski definition) is 5. The van der Waals surface area contributed by atoms with Crippen LogP contribution in [-0.2, 0) is 12.8 Å². The molecule has 5 heteroatoms. The summed E-state index contributed by atoms with van der Waals surface area (Å²) in [5.74, 6) is 0.792. The molecule has 28 heavy (non-hydrogen) atoms. The van der Waals surface area contributed by atoms with E-state index in [1.165, 1.54) is 6.07 Å². The summed E-state index contributed by atoms with van der Waals surface area (Å²) in [6.07, 6.45) is 0.926. The number of fused-ring (bicyclic) bond motifs is 2. The number of phenolic OH excluding ortho intramolecular Hbond substituents is 2. The first-order valence-electron chi connectivity index (χ1n) is 8.93. The molecular formula is C23H20O5. The van der Waals surface area contributed by atoms with Gasteiger partial charge in [0.25, 0.3) is 0 Å². The number of methoxy groups -OCH3 is 2. The van der Waals surface area contributed by atoms with E-state index < -0.39 is 0 Å². The van der Waals surface area contributed by atoms with E-state index in [0.717, 1.165) is 16.7 Å². The smallest absolute Gasteiger partial charge is 0.201 e. The average Bonchev–Trinajstić information content (AvgIpc) is 2.69.